The molecule has 0 aromatic carbocycles. The molecule has 0 unspecified atom stereocenters. The van der Waals surface area contributed by atoms with Crippen molar-refractivity contribution in [2.24, 2.45) is 11.8 Å². The molecule has 0 radical (unpaired) electrons. The van der Waals surface area contributed by atoms with E-state index in [-0.39, 0.29) is 28.8 Å². The first-order chi connectivity index (χ1) is 13.4. The Labute approximate surface area is 179 Å². The third-order valence-electron chi connectivity index (χ3n) is 6.15. The van der Waals surface area contributed by atoms with Crippen LogP contribution in [0.15, 0.2) is 9.85 Å². The molecule has 2 saturated carbocycles. The van der Waals surface area contributed by atoms with Crippen molar-refractivity contribution in [3.8, 4) is 0 Å². The molecule has 0 atom stereocenters. The number of hydrogen-bond acceptors (Lipinski definition) is 4. The van der Waals surface area contributed by atoms with Crippen molar-refractivity contribution in [1.29, 1.82) is 0 Å². The Kier molecular flexibility index (Phi) is 7.56. The highest BCUT2D eigenvalue weighted by molar-refractivity contribution is 9.11. The number of halogens is 1. The van der Waals surface area contributed by atoms with Gasteiger partial charge in [-0.1, -0.05) is 6.92 Å². The Hall–Kier alpha value is -0.920. The number of aromatic carboxylic acids is 1. The van der Waals surface area contributed by atoms with E-state index in [0.717, 1.165) is 55.2 Å². The molecule has 0 aliphatic heterocycles. The minimum absolute atomic E-state index is 0.00105. The summed E-state index contributed by atoms with van der Waals surface area (Å²) < 4.78 is 6.52. The predicted molar refractivity (Wildman–Crippen MR) is 115 cm³/mol. The van der Waals surface area contributed by atoms with Crippen molar-refractivity contribution >= 4 is 44.8 Å². The van der Waals surface area contributed by atoms with Crippen molar-refractivity contribution in [2.75, 3.05) is 11.5 Å². The minimum atomic E-state index is -0.969. The topological polar surface area (TPSA) is 66.8 Å². The smallest absolute Gasteiger partial charge is 0.348 e. The van der Waals surface area contributed by atoms with Crippen molar-refractivity contribution in [3.05, 3.63) is 14.7 Å². The lowest BCUT2D eigenvalue weighted by molar-refractivity contribution is -0.124. The normalized spacial score (nSPS) is 28.1. The van der Waals surface area contributed by atoms with Crippen LogP contribution in [0.2, 0.25) is 0 Å². The molecule has 5 nitrogen and oxygen atoms in total. The van der Waals surface area contributed by atoms with Crippen LogP contribution >= 0.6 is 27.3 Å². The Morgan fingerprint density at radius 3 is 2.39 bits per heavy atom. The van der Waals surface area contributed by atoms with Gasteiger partial charge in [-0.2, -0.15) is 0 Å². The third-order valence-corrected chi connectivity index (χ3v) is 7.77. The first kappa shape index (κ1) is 21.8. The van der Waals surface area contributed by atoms with E-state index in [4.69, 9.17) is 4.74 Å². The molecule has 156 valence electrons. The number of ether oxygens (including phenoxy) is 1. The quantitative estimate of drug-likeness (QED) is 0.576. The molecule has 28 heavy (non-hydrogen) atoms. The molecular weight excluding hydrogens is 442 g/mol. The zero-order valence-electron chi connectivity index (χ0n) is 16.7. The van der Waals surface area contributed by atoms with Gasteiger partial charge in [-0.15, -0.1) is 11.3 Å². The summed E-state index contributed by atoms with van der Waals surface area (Å²) in [5, 5.41) is 9.70. The molecule has 7 heteroatoms. The van der Waals surface area contributed by atoms with Crippen molar-refractivity contribution < 1.29 is 19.4 Å². The highest BCUT2D eigenvalue weighted by Crippen LogP contribution is 2.40. The van der Waals surface area contributed by atoms with Gasteiger partial charge >= 0.3 is 5.97 Å². The molecule has 3 rings (SSSR count). The van der Waals surface area contributed by atoms with Crippen molar-refractivity contribution in [1.82, 2.24) is 0 Å². The summed E-state index contributed by atoms with van der Waals surface area (Å²) in [6, 6.07) is 1.86. The fraction of sp³-hybridized carbons (Fsp3) is 0.714. The lowest BCUT2D eigenvalue weighted by atomic mass is 9.81. The maximum Gasteiger partial charge on any atom is 0.348 e. The fourth-order valence-corrected chi connectivity index (χ4v) is 6.01. The van der Waals surface area contributed by atoms with Crippen LogP contribution in [-0.4, -0.2) is 35.7 Å². The fourth-order valence-electron chi connectivity index (χ4n) is 4.59. The number of carboxylic acids is 1. The zero-order valence-corrected chi connectivity index (χ0v) is 19.1. The van der Waals surface area contributed by atoms with Crippen LogP contribution in [0.25, 0.3) is 0 Å². The van der Waals surface area contributed by atoms with E-state index >= 15 is 0 Å². The Bertz CT molecular complexity index is 691. The number of carbonyl (C=O) groups is 2. The summed E-state index contributed by atoms with van der Waals surface area (Å²) in [5.41, 5.74) is 0.563. The molecule has 1 amide bonds. The number of anilines is 1. The van der Waals surface area contributed by atoms with Crippen LogP contribution in [-0.2, 0) is 9.53 Å². The van der Waals surface area contributed by atoms with Crippen molar-refractivity contribution in [2.45, 2.75) is 77.4 Å². The summed E-state index contributed by atoms with van der Waals surface area (Å²) in [6.45, 7) is 4.96. The van der Waals surface area contributed by atoms with Gasteiger partial charge in [0, 0.05) is 18.6 Å². The summed E-state index contributed by atoms with van der Waals surface area (Å²) >= 11 is 4.61. The molecule has 1 aromatic rings. The zero-order chi connectivity index (χ0) is 20.3. The van der Waals surface area contributed by atoms with Crippen molar-refractivity contribution in [3.63, 3.8) is 0 Å². The van der Waals surface area contributed by atoms with Gasteiger partial charge in [0.15, 0.2) is 0 Å². The molecule has 1 heterocycles. The highest BCUT2D eigenvalue weighted by Gasteiger charge is 2.37. The Morgan fingerprint density at radius 2 is 1.82 bits per heavy atom. The second-order valence-corrected chi connectivity index (χ2v) is 10.6. The van der Waals surface area contributed by atoms with Crippen LogP contribution in [0.1, 0.15) is 74.9 Å². The monoisotopic (exact) mass is 471 g/mol. The average Bonchev–Trinajstić information content (AvgIpc) is 3.06. The number of rotatable bonds is 6. The van der Waals surface area contributed by atoms with Gasteiger partial charge in [-0.3, -0.25) is 4.79 Å². The standard InChI is InChI=1S/C21H30BrNO4S/c1-3-27-16-10-8-15(9-11-16)23(17-12-18(22)28-19(17)21(25)26)20(24)14-6-4-13(2)5-7-14/h12-16H,3-11H2,1-2H3,(H,25,26). The minimum Gasteiger partial charge on any atom is -0.477 e. The summed E-state index contributed by atoms with van der Waals surface area (Å²) in [5.74, 6) is -0.187. The van der Waals surface area contributed by atoms with Gasteiger partial charge < -0.3 is 14.7 Å². The second kappa shape index (κ2) is 9.72. The van der Waals surface area contributed by atoms with Crippen LogP contribution in [0.3, 0.4) is 0 Å². The van der Waals surface area contributed by atoms with E-state index in [1.807, 2.05) is 17.9 Å². The molecule has 2 fully saturated rings. The summed E-state index contributed by atoms with van der Waals surface area (Å²) in [6.07, 6.45) is 7.73. The predicted octanol–water partition coefficient (Wildman–Crippen LogP) is 5.72. The van der Waals surface area contributed by atoms with Crippen LogP contribution in [0.5, 0.6) is 0 Å². The van der Waals surface area contributed by atoms with Gasteiger partial charge in [0.25, 0.3) is 0 Å². The van der Waals surface area contributed by atoms with E-state index in [1.165, 1.54) is 11.3 Å². The van der Waals surface area contributed by atoms with E-state index < -0.39 is 5.97 Å². The van der Waals surface area contributed by atoms with Gasteiger partial charge in [0.05, 0.1) is 15.6 Å². The largest absolute Gasteiger partial charge is 0.477 e. The number of thiophene rings is 1. The van der Waals surface area contributed by atoms with Gasteiger partial charge in [-0.25, -0.2) is 4.79 Å². The molecule has 0 bridgehead atoms. The third kappa shape index (κ3) is 4.97. The molecule has 2 aliphatic rings. The Morgan fingerprint density at radius 1 is 1.18 bits per heavy atom. The molecular formula is C21H30BrNO4S. The lowest BCUT2D eigenvalue weighted by Crippen LogP contribution is -2.47. The van der Waals surface area contributed by atoms with Crippen LogP contribution in [0, 0.1) is 11.8 Å². The summed E-state index contributed by atoms with van der Waals surface area (Å²) in [4.78, 5) is 27.5. The lowest BCUT2D eigenvalue weighted by Gasteiger charge is -2.39. The van der Waals surface area contributed by atoms with Gasteiger partial charge in [0.1, 0.15) is 4.88 Å². The number of carbonyl (C=O) groups excluding carboxylic acids is 1. The van der Waals surface area contributed by atoms with Gasteiger partial charge in [-0.05, 0) is 86.2 Å². The number of carboxylic acid groups (broad SMARTS) is 1. The maximum atomic E-state index is 13.6. The van der Waals surface area contributed by atoms with E-state index in [2.05, 4.69) is 22.9 Å². The maximum absolute atomic E-state index is 13.6. The summed E-state index contributed by atoms with van der Waals surface area (Å²) in [7, 11) is 0. The average molecular weight is 472 g/mol. The molecule has 0 saturated heterocycles. The SMILES string of the molecule is CCOC1CCC(N(C(=O)C2CCC(C)CC2)c2cc(Br)sc2C(=O)O)CC1. The molecule has 1 N–H and O–H groups in total. The van der Waals surface area contributed by atoms with E-state index in [0.29, 0.717) is 18.2 Å². The Balaban J connectivity index is 1.86. The van der Waals surface area contributed by atoms with E-state index in [1.54, 1.807) is 0 Å². The van der Waals surface area contributed by atoms with Gasteiger partial charge in [0.2, 0.25) is 5.91 Å². The number of hydrogen-bond donors (Lipinski definition) is 1. The second-order valence-electron chi connectivity index (χ2n) is 8.12. The highest BCUT2D eigenvalue weighted by atomic mass is 79.9. The first-order valence-corrected chi connectivity index (χ1v) is 12.0. The van der Waals surface area contributed by atoms with Crippen LogP contribution < -0.4 is 4.90 Å². The van der Waals surface area contributed by atoms with E-state index in [9.17, 15) is 14.7 Å². The molecule has 0 spiro atoms. The molecule has 2 aliphatic carbocycles. The first-order valence-electron chi connectivity index (χ1n) is 10.4. The van der Waals surface area contributed by atoms with Crippen LogP contribution in [0.4, 0.5) is 5.69 Å². The number of amides is 1. The molecule has 1 aromatic heterocycles. The number of nitrogens with zero attached hydrogens (tertiary/aromatic N) is 1.